The molecule has 3 aliphatic rings. The van der Waals surface area contributed by atoms with Gasteiger partial charge in [-0.3, -0.25) is 14.6 Å². The van der Waals surface area contributed by atoms with E-state index < -0.39 is 23.6 Å². The maximum absolute atomic E-state index is 14.0. The highest BCUT2D eigenvalue weighted by Gasteiger charge is 2.46. The van der Waals surface area contributed by atoms with E-state index in [0.717, 1.165) is 49.8 Å². The fourth-order valence-electron chi connectivity index (χ4n) is 6.08. The highest BCUT2D eigenvalue weighted by molar-refractivity contribution is 5.90. The average molecular weight is 509 g/mol. The number of aromatic nitrogens is 4. The van der Waals surface area contributed by atoms with Gasteiger partial charge in [0.05, 0.1) is 17.8 Å². The lowest BCUT2D eigenvalue weighted by molar-refractivity contribution is -0.144. The standard InChI is InChI=1S/C28H40N6O3/c1-28(2,3)25(34-17-22(31-32-34)18-11-12-18)27(37)33-16-21(35)14-23(33)26(36)30-24(19-8-5-4-6-9-19)20-10-7-13-29-15-20/h7,10,13,15,17-19,21,23-25,35H,4-6,8-9,11-12,14,16H2,1-3H3,(H,30,36)/t21-,23+,24?,25-/m1/s1. The summed E-state index contributed by atoms with van der Waals surface area (Å²) < 4.78 is 1.66. The van der Waals surface area contributed by atoms with Gasteiger partial charge < -0.3 is 15.3 Å². The summed E-state index contributed by atoms with van der Waals surface area (Å²) >= 11 is 0. The lowest BCUT2D eigenvalue weighted by Gasteiger charge is -2.36. The fraction of sp³-hybridized carbons (Fsp3) is 0.679. The molecule has 0 aromatic carbocycles. The van der Waals surface area contributed by atoms with Crippen molar-refractivity contribution in [2.75, 3.05) is 6.54 Å². The third-order valence-electron chi connectivity index (χ3n) is 8.17. The van der Waals surface area contributed by atoms with Crippen LogP contribution in [0.3, 0.4) is 0 Å². The predicted molar refractivity (Wildman–Crippen MR) is 138 cm³/mol. The zero-order valence-electron chi connectivity index (χ0n) is 22.2. The van der Waals surface area contributed by atoms with Crippen molar-refractivity contribution in [2.24, 2.45) is 11.3 Å². The predicted octanol–water partition coefficient (Wildman–Crippen LogP) is 3.54. The number of hydrogen-bond donors (Lipinski definition) is 2. The van der Waals surface area contributed by atoms with Gasteiger partial charge in [0.1, 0.15) is 12.1 Å². The first-order valence-electron chi connectivity index (χ1n) is 13.8. The van der Waals surface area contributed by atoms with E-state index in [2.05, 4.69) is 20.6 Å². The van der Waals surface area contributed by atoms with Crippen LogP contribution >= 0.6 is 0 Å². The molecule has 2 N–H and O–H groups in total. The molecule has 2 saturated carbocycles. The Labute approximate surface area is 219 Å². The maximum Gasteiger partial charge on any atom is 0.248 e. The number of nitrogens with zero attached hydrogens (tertiary/aromatic N) is 5. The van der Waals surface area contributed by atoms with E-state index >= 15 is 0 Å². The molecule has 0 spiro atoms. The third-order valence-corrected chi connectivity index (χ3v) is 8.17. The van der Waals surface area contributed by atoms with E-state index in [1.165, 1.54) is 6.42 Å². The van der Waals surface area contributed by atoms with Crippen molar-refractivity contribution in [3.05, 3.63) is 42.0 Å². The van der Waals surface area contributed by atoms with E-state index in [4.69, 9.17) is 0 Å². The Morgan fingerprint density at radius 1 is 1.14 bits per heavy atom. The third kappa shape index (κ3) is 5.71. The van der Waals surface area contributed by atoms with Crippen molar-refractivity contribution in [3.63, 3.8) is 0 Å². The monoisotopic (exact) mass is 508 g/mol. The molecule has 200 valence electrons. The average Bonchev–Trinajstić information content (AvgIpc) is 3.49. The molecule has 9 nitrogen and oxygen atoms in total. The first-order chi connectivity index (χ1) is 17.7. The second-order valence-corrected chi connectivity index (χ2v) is 12.2. The summed E-state index contributed by atoms with van der Waals surface area (Å²) in [6.45, 7) is 6.13. The second-order valence-electron chi connectivity index (χ2n) is 12.2. The molecule has 0 radical (unpaired) electrons. The van der Waals surface area contributed by atoms with Crippen LogP contribution in [-0.2, 0) is 9.59 Å². The number of aliphatic hydroxyl groups is 1. The van der Waals surface area contributed by atoms with Crippen LogP contribution < -0.4 is 5.32 Å². The number of rotatable bonds is 7. The Bertz CT molecular complexity index is 1090. The number of carbonyl (C=O) groups excluding carboxylic acids is 2. The maximum atomic E-state index is 14.0. The Hall–Kier alpha value is -2.81. The molecular weight excluding hydrogens is 468 g/mol. The molecule has 2 amide bonds. The number of aliphatic hydroxyl groups excluding tert-OH is 1. The van der Waals surface area contributed by atoms with Crippen molar-refractivity contribution in [1.29, 1.82) is 0 Å². The van der Waals surface area contributed by atoms with E-state index in [1.54, 1.807) is 15.8 Å². The van der Waals surface area contributed by atoms with Crippen molar-refractivity contribution < 1.29 is 14.7 Å². The van der Waals surface area contributed by atoms with Gasteiger partial charge in [-0.15, -0.1) is 5.10 Å². The molecule has 3 heterocycles. The largest absolute Gasteiger partial charge is 0.391 e. The van der Waals surface area contributed by atoms with Crippen molar-refractivity contribution in [2.45, 2.75) is 102 Å². The Balaban J connectivity index is 1.38. The van der Waals surface area contributed by atoms with E-state index in [-0.39, 0.29) is 30.8 Å². The topological polar surface area (TPSA) is 113 Å². The molecule has 1 saturated heterocycles. The van der Waals surface area contributed by atoms with Crippen LogP contribution in [-0.4, -0.2) is 60.5 Å². The molecule has 37 heavy (non-hydrogen) atoms. The molecule has 9 heteroatoms. The first kappa shape index (κ1) is 25.8. The van der Waals surface area contributed by atoms with Crippen molar-refractivity contribution in [3.8, 4) is 0 Å². The van der Waals surface area contributed by atoms with E-state index in [0.29, 0.717) is 11.8 Å². The van der Waals surface area contributed by atoms with Crippen molar-refractivity contribution in [1.82, 2.24) is 30.2 Å². The number of β-amino-alcohol motifs (C(OH)–C–C–N with tert-alkyl or cyclic N) is 1. The van der Waals surface area contributed by atoms with Crippen LogP contribution in [0.5, 0.6) is 0 Å². The van der Waals surface area contributed by atoms with Gasteiger partial charge in [0, 0.05) is 37.5 Å². The van der Waals surface area contributed by atoms with Gasteiger partial charge in [-0.2, -0.15) is 0 Å². The van der Waals surface area contributed by atoms with Gasteiger partial charge in [0.2, 0.25) is 11.8 Å². The Morgan fingerprint density at radius 2 is 1.89 bits per heavy atom. The van der Waals surface area contributed by atoms with Gasteiger partial charge in [-0.1, -0.05) is 51.3 Å². The molecule has 1 aliphatic heterocycles. The number of carbonyl (C=O) groups is 2. The van der Waals surface area contributed by atoms with Gasteiger partial charge in [-0.25, -0.2) is 4.68 Å². The number of nitrogens with one attached hydrogen (secondary N) is 1. The van der Waals surface area contributed by atoms with Crippen LogP contribution in [0.2, 0.25) is 0 Å². The molecule has 1 unspecified atom stereocenters. The van der Waals surface area contributed by atoms with Gasteiger partial charge >= 0.3 is 0 Å². The van der Waals surface area contributed by atoms with Crippen LogP contribution in [0.4, 0.5) is 0 Å². The minimum absolute atomic E-state index is 0.134. The lowest BCUT2D eigenvalue weighted by atomic mass is 9.81. The second kappa shape index (κ2) is 10.5. The summed E-state index contributed by atoms with van der Waals surface area (Å²) in [5, 5.41) is 22.5. The zero-order valence-corrected chi connectivity index (χ0v) is 22.2. The zero-order chi connectivity index (χ0) is 26.2. The molecular formula is C28H40N6O3. The smallest absolute Gasteiger partial charge is 0.248 e. The first-order valence-corrected chi connectivity index (χ1v) is 13.8. The SMILES string of the molecule is CC(C)(C)[C@@H](C(=O)N1C[C@H](O)C[C@H]1C(=O)NC(c1cccnc1)C1CCCCC1)n1cc(C2CC2)nn1. The lowest BCUT2D eigenvalue weighted by Crippen LogP contribution is -2.51. The van der Waals surface area contributed by atoms with E-state index in [9.17, 15) is 14.7 Å². The normalized spacial score (nSPS) is 24.6. The van der Waals surface area contributed by atoms with Crippen LogP contribution in [0.15, 0.2) is 30.7 Å². The highest BCUT2D eigenvalue weighted by atomic mass is 16.3. The van der Waals surface area contributed by atoms with Crippen LogP contribution in [0.1, 0.15) is 101 Å². The number of pyridine rings is 1. The number of hydrogen-bond acceptors (Lipinski definition) is 6. The van der Waals surface area contributed by atoms with Crippen LogP contribution in [0, 0.1) is 11.3 Å². The van der Waals surface area contributed by atoms with Gasteiger partial charge in [0.15, 0.2) is 0 Å². The summed E-state index contributed by atoms with van der Waals surface area (Å²) in [4.78, 5) is 33.7. The summed E-state index contributed by atoms with van der Waals surface area (Å²) in [7, 11) is 0. The van der Waals surface area contributed by atoms with Gasteiger partial charge in [0.25, 0.3) is 0 Å². The molecule has 4 atom stereocenters. The number of likely N-dealkylation sites (tertiary alicyclic amines) is 1. The number of amides is 2. The molecule has 3 fully saturated rings. The summed E-state index contributed by atoms with van der Waals surface area (Å²) in [5.41, 5.74) is 1.45. The Morgan fingerprint density at radius 3 is 2.54 bits per heavy atom. The molecule has 2 aliphatic carbocycles. The van der Waals surface area contributed by atoms with Gasteiger partial charge in [-0.05, 0) is 48.6 Å². The Kier molecular flexibility index (Phi) is 7.34. The minimum Gasteiger partial charge on any atom is -0.391 e. The molecule has 5 rings (SSSR count). The minimum atomic E-state index is -0.746. The molecule has 0 bridgehead atoms. The highest BCUT2D eigenvalue weighted by Crippen LogP contribution is 2.40. The molecule has 2 aromatic heterocycles. The summed E-state index contributed by atoms with van der Waals surface area (Å²) in [6.07, 6.45) is 12.8. The molecule has 2 aromatic rings. The quantitative estimate of drug-likeness (QED) is 0.592. The van der Waals surface area contributed by atoms with Crippen molar-refractivity contribution >= 4 is 11.8 Å². The van der Waals surface area contributed by atoms with E-state index in [1.807, 2.05) is 45.3 Å². The summed E-state index contributed by atoms with van der Waals surface area (Å²) in [6, 6.07) is 2.39. The fourth-order valence-corrected chi connectivity index (χ4v) is 6.08. The van der Waals surface area contributed by atoms with Crippen LogP contribution in [0.25, 0.3) is 0 Å². The summed E-state index contributed by atoms with van der Waals surface area (Å²) in [5.74, 6) is 0.345.